The van der Waals surface area contributed by atoms with E-state index in [0.717, 1.165) is 17.0 Å². The summed E-state index contributed by atoms with van der Waals surface area (Å²) in [7, 11) is 1.87. The predicted molar refractivity (Wildman–Crippen MR) is 80.7 cm³/mol. The van der Waals surface area contributed by atoms with Crippen LogP contribution in [0.15, 0.2) is 42.4 Å². The molecule has 0 aromatic carbocycles. The number of halogens is 1. The maximum atomic E-state index is 11.3. The molecule has 0 N–H and O–H groups in total. The van der Waals surface area contributed by atoms with Gasteiger partial charge in [0.1, 0.15) is 11.8 Å². The third-order valence-corrected chi connectivity index (χ3v) is 3.56. The number of carbonyl (C=O) groups excluding carboxylic acids is 1. The van der Waals surface area contributed by atoms with Gasteiger partial charge in [-0.1, -0.05) is 17.7 Å². The number of aryl methyl sites for hydroxylation is 1. The Balaban J connectivity index is 1.80. The lowest BCUT2D eigenvalue weighted by Crippen LogP contribution is -2.23. The molecule has 0 radical (unpaired) electrons. The Kier molecular flexibility index (Phi) is 4.11. The van der Waals surface area contributed by atoms with Crippen molar-refractivity contribution in [2.45, 2.75) is 13.1 Å². The molecule has 0 bridgehead atoms. The van der Waals surface area contributed by atoms with E-state index in [2.05, 4.69) is 15.0 Å². The third-order valence-electron chi connectivity index (χ3n) is 3.34. The molecular formula is C15H15ClN4O2. The maximum absolute atomic E-state index is 11.3. The molecule has 114 valence electrons. The first-order valence-corrected chi connectivity index (χ1v) is 7.19. The minimum absolute atomic E-state index is 0.284. The second kappa shape index (κ2) is 6.19. The number of rotatable bonds is 5. The Morgan fingerprint density at radius 2 is 2.23 bits per heavy atom. The Hall–Kier alpha value is -2.34. The number of pyridine rings is 1. The van der Waals surface area contributed by atoms with Crippen LogP contribution in [0.5, 0.6) is 0 Å². The van der Waals surface area contributed by atoms with Crippen molar-refractivity contribution >= 4 is 17.6 Å². The van der Waals surface area contributed by atoms with Crippen molar-refractivity contribution in [3.63, 3.8) is 0 Å². The Bertz CT molecular complexity index is 709. The number of carbonyl (C=O) groups is 1. The van der Waals surface area contributed by atoms with Crippen LogP contribution < -0.4 is 0 Å². The predicted octanol–water partition coefficient (Wildman–Crippen LogP) is 1.91. The zero-order valence-corrected chi connectivity index (χ0v) is 12.8. The molecule has 1 aliphatic rings. The maximum Gasteiger partial charge on any atom is 0.333 e. The summed E-state index contributed by atoms with van der Waals surface area (Å²) in [5, 5.41) is 4.84. The molecule has 0 spiro atoms. The van der Waals surface area contributed by atoms with E-state index in [9.17, 15) is 4.79 Å². The van der Waals surface area contributed by atoms with Crippen molar-refractivity contribution in [2.75, 3.05) is 6.61 Å². The first-order valence-electron chi connectivity index (χ1n) is 6.81. The number of cyclic esters (lactones) is 1. The zero-order chi connectivity index (χ0) is 15.5. The summed E-state index contributed by atoms with van der Waals surface area (Å²) in [5.74, 6) is -0.310. The summed E-state index contributed by atoms with van der Waals surface area (Å²) in [6.45, 7) is 1.47. The highest BCUT2D eigenvalue weighted by molar-refractivity contribution is 6.29. The zero-order valence-electron chi connectivity index (χ0n) is 12.1. The van der Waals surface area contributed by atoms with Crippen LogP contribution in [0.3, 0.4) is 0 Å². The molecule has 1 aliphatic heterocycles. The van der Waals surface area contributed by atoms with E-state index >= 15 is 0 Å². The minimum Gasteiger partial charge on any atom is -0.456 e. The fourth-order valence-corrected chi connectivity index (χ4v) is 2.38. The van der Waals surface area contributed by atoms with Gasteiger partial charge in [-0.3, -0.25) is 4.68 Å². The van der Waals surface area contributed by atoms with Crippen LogP contribution in [0.1, 0.15) is 11.3 Å². The lowest BCUT2D eigenvalue weighted by Gasteiger charge is -2.24. The van der Waals surface area contributed by atoms with Crippen LogP contribution in [-0.2, 0) is 29.7 Å². The number of esters is 1. The van der Waals surface area contributed by atoms with Crippen molar-refractivity contribution in [3.8, 4) is 0 Å². The molecule has 2 aromatic heterocycles. The van der Waals surface area contributed by atoms with Crippen LogP contribution in [0.4, 0.5) is 0 Å². The number of hydrogen-bond acceptors (Lipinski definition) is 5. The standard InChI is InChI=1S/C15H15ClN4O2/c1-19-5-4-12(18-19)9-20(13-6-15(21)22-10-13)8-11-2-3-14(16)17-7-11/h2-7H,8-10H2,1H3. The van der Waals surface area contributed by atoms with Gasteiger partial charge in [0.15, 0.2) is 0 Å². The van der Waals surface area contributed by atoms with Gasteiger partial charge >= 0.3 is 5.97 Å². The monoisotopic (exact) mass is 318 g/mol. The van der Waals surface area contributed by atoms with Gasteiger partial charge in [0.2, 0.25) is 0 Å². The summed E-state index contributed by atoms with van der Waals surface area (Å²) < 4.78 is 6.76. The average Bonchev–Trinajstić information content (AvgIpc) is 3.09. The van der Waals surface area contributed by atoms with E-state index in [1.165, 1.54) is 6.08 Å². The largest absolute Gasteiger partial charge is 0.456 e. The van der Waals surface area contributed by atoms with Crippen LogP contribution in [0.2, 0.25) is 5.15 Å². The summed E-state index contributed by atoms with van der Waals surface area (Å²) in [5.41, 5.74) is 2.76. The SMILES string of the molecule is Cn1ccc(CN(Cc2ccc(Cl)nc2)C2=CC(=O)OC2)n1. The Labute approximate surface area is 133 Å². The van der Waals surface area contributed by atoms with Crippen LogP contribution in [-0.4, -0.2) is 32.2 Å². The number of ether oxygens (including phenoxy) is 1. The lowest BCUT2D eigenvalue weighted by atomic mass is 10.2. The highest BCUT2D eigenvalue weighted by Gasteiger charge is 2.20. The number of nitrogens with zero attached hydrogens (tertiary/aromatic N) is 4. The van der Waals surface area contributed by atoms with Crippen LogP contribution in [0, 0.1) is 0 Å². The first kappa shape index (κ1) is 14.6. The Morgan fingerprint density at radius 3 is 2.82 bits per heavy atom. The summed E-state index contributed by atoms with van der Waals surface area (Å²) in [4.78, 5) is 17.5. The van der Waals surface area contributed by atoms with Gasteiger partial charge in [-0.15, -0.1) is 0 Å². The second-order valence-electron chi connectivity index (χ2n) is 5.07. The molecule has 0 atom stereocenters. The van der Waals surface area contributed by atoms with Gasteiger partial charge in [-0.25, -0.2) is 9.78 Å². The topological polar surface area (TPSA) is 60.2 Å². The first-order chi connectivity index (χ1) is 10.6. The molecule has 6 nitrogen and oxygen atoms in total. The summed E-state index contributed by atoms with van der Waals surface area (Å²) >= 11 is 5.81. The molecule has 0 amide bonds. The van der Waals surface area contributed by atoms with E-state index in [4.69, 9.17) is 16.3 Å². The van der Waals surface area contributed by atoms with Gasteiger partial charge in [0.25, 0.3) is 0 Å². The molecule has 0 aliphatic carbocycles. The molecule has 0 fully saturated rings. The molecule has 7 heteroatoms. The fourth-order valence-electron chi connectivity index (χ4n) is 2.27. The fraction of sp³-hybridized carbons (Fsp3) is 0.267. The van der Waals surface area contributed by atoms with Crippen LogP contribution in [0.25, 0.3) is 0 Å². The molecule has 3 heterocycles. The molecule has 2 aromatic rings. The van der Waals surface area contributed by atoms with Gasteiger partial charge < -0.3 is 9.64 Å². The highest BCUT2D eigenvalue weighted by atomic mass is 35.5. The van der Waals surface area contributed by atoms with Gasteiger partial charge in [0, 0.05) is 32.1 Å². The van der Waals surface area contributed by atoms with Gasteiger partial charge in [-0.05, 0) is 17.7 Å². The highest BCUT2D eigenvalue weighted by Crippen LogP contribution is 2.19. The molecular weight excluding hydrogens is 304 g/mol. The van der Waals surface area contributed by atoms with Gasteiger partial charge in [-0.2, -0.15) is 5.10 Å². The van der Waals surface area contributed by atoms with E-state index in [0.29, 0.717) is 18.2 Å². The number of aromatic nitrogens is 3. The Morgan fingerprint density at radius 1 is 1.36 bits per heavy atom. The molecule has 3 rings (SSSR count). The average molecular weight is 319 g/mol. The van der Waals surface area contributed by atoms with Crippen LogP contribution >= 0.6 is 11.6 Å². The van der Waals surface area contributed by atoms with Crippen molar-refractivity contribution in [3.05, 3.63) is 58.8 Å². The van der Waals surface area contributed by atoms with E-state index in [-0.39, 0.29) is 12.6 Å². The molecule has 0 saturated carbocycles. The second-order valence-corrected chi connectivity index (χ2v) is 5.46. The van der Waals surface area contributed by atoms with Crippen molar-refractivity contribution in [2.24, 2.45) is 7.05 Å². The summed E-state index contributed by atoms with van der Waals surface area (Å²) in [6, 6.07) is 5.62. The summed E-state index contributed by atoms with van der Waals surface area (Å²) in [6.07, 6.45) is 5.14. The molecule has 22 heavy (non-hydrogen) atoms. The number of hydrogen-bond donors (Lipinski definition) is 0. The van der Waals surface area contributed by atoms with Crippen molar-refractivity contribution in [1.29, 1.82) is 0 Å². The van der Waals surface area contributed by atoms with E-state index in [1.807, 2.05) is 25.4 Å². The normalized spacial score (nSPS) is 13.9. The quantitative estimate of drug-likeness (QED) is 0.622. The lowest BCUT2D eigenvalue weighted by molar-refractivity contribution is -0.135. The van der Waals surface area contributed by atoms with Crippen molar-refractivity contribution < 1.29 is 9.53 Å². The minimum atomic E-state index is -0.310. The molecule has 0 unspecified atom stereocenters. The van der Waals surface area contributed by atoms with Crippen molar-refractivity contribution in [1.82, 2.24) is 19.7 Å². The van der Waals surface area contributed by atoms with E-state index in [1.54, 1.807) is 16.9 Å². The smallest absolute Gasteiger partial charge is 0.333 e. The van der Waals surface area contributed by atoms with E-state index < -0.39 is 0 Å². The third kappa shape index (κ3) is 3.46. The molecule has 0 saturated heterocycles. The van der Waals surface area contributed by atoms with Gasteiger partial charge in [0.05, 0.1) is 17.9 Å².